The van der Waals surface area contributed by atoms with Crippen LogP contribution in [0.3, 0.4) is 0 Å². The van der Waals surface area contributed by atoms with E-state index in [0.29, 0.717) is 33.0 Å². The first-order valence-corrected chi connectivity index (χ1v) is 32.5. The molecular formula is C61H67Br3Cl4F3N16NaS2. The van der Waals surface area contributed by atoms with Crippen LogP contribution in [0.4, 0.5) is 36.4 Å². The van der Waals surface area contributed by atoms with Gasteiger partial charge in [-0.15, -0.1) is 24.8 Å². The number of nitrogens with one attached hydrogen (secondary N) is 1. The van der Waals surface area contributed by atoms with E-state index in [-0.39, 0.29) is 108 Å². The Balaban J connectivity index is 0.000000194. The van der Waals surface area contributed by atoms with Crippen LogP contribution in [0.15, 0.2) is 145 Å². The predicted molar refractivity (Wildman–Crippen MR) is 366 cm³/mol. The summed E-state index contributed by atoms with van der Waals surface area (Å²) in [4.78, 5) is 39.0. The molecule has 3 atom stereocenters. The maximum absolute atomic E-state index is 14.3. The Morgan fingerprint density at radius 2 is 0.900 bits per heavy atom. The van der Waals surface area contributed by atoms with E-state index in [4.69, 9.17) is 64.5 Å². The minimum Gasteiger partial charge on any atom is -0.778 e. The molecule has 0 radical (unpaired) electrons. The first-order chi connectivity index (χ1) is 41.8. The quantitative estimate of drug-likeness (QED) is 0.0708. The van der Waals surface area contributed by atoms with E-state index in [9.17, 15) is 13.2 Å². The van der Waals surface area contributed by atoms with Crippen molar-refractivity contribution in [1.82, 2.24) is 45.2 Å². The van der Waals surface area contributed by atoms with E-state index < -0.39 is 0 Å². The number of benzene rings is 3. The Kier molecular flexibility index (Phi) is 26.6. The second kappa shape index (κ2) is 32.6. The van der Waals surface area contributed by atoms with Crippen LogP contribution in [0.5, 0.6) is 0 Å². The summed E-state index contributed by atoms with van der Waals surface area (Å²) in [6, 6.07) is 19.1. The Bertz CT molecular complexity index is 3660. The number of hydrogen-bond acceptors (Lipinski definition) is 18. The number of pyridine rings is 2. The van der Waals surface area contributed by atoms with E-state index in [2.05, 4.69) is 103 Å². The summed E-state index contributed by atoms with van der Waals surface area (Å²) in [6.45, 7) is 5.39. The second-order valence-corrected chi connectivity index (χ2v) is 27.1. The number of hydrogen-bond donors (Lipinski definition) is 6. The van der Waals surface area contributed by atoms with E-state index in [1.165, 1.54) is 30.1 Å². The number of aromatic nitrogens is 8. The van der Waals surface area contributed by atoms with Gasteiger partial charge in [-0.05, 0) is 193 Å². The minimum absolute atomic E-state index is 0. The van der Waals surface area contributed by atoms with Crippen molar-refractivity contribution in [2.75, 3.05) is 60.5 Å². The summed E-state index contributed by atoms with van der Waals surface area (Å²) in [6.07, 6.45) is 21.5. The standard InChI is InChI=1S/C22H22ClFN6S.C17H18BrFN4.C13H17FN2.C5H5ClN2S.C4H2Br2N2.2ClH.Na.H2/c23-19-16(4-7-27-21(19)26)31-18-12-28-17(11-29-18)30-8-5-22(6-9-30)10-14-13(20(22)25)2-1-3-15(14)24;18-14-9-22-15(10-21-14)23-6-4-17(5-7-23)8-12-11(16(17)20)2-1-3-13(12)19;14-11-3-1-2-9-10(11)8-13(12(9)15)4-6-16-7-5-13;6-4-3(9)1-2-8-5(4)7;5-3-1-7-4(6)2-8-3;;;;/h1-4,7,11-12,20H,5-6,8-10,25H2,(H2,26,27);1-3,9-10,16H,4-8,20H2;1-3,12,16H,4-8,15H2;1-2H,(H3,7,8,9);1-2H;2*1H;;1H/q;;;;;;;+1;/p-1/t20-;16-;12-;;;;;;/m111....../s1/i;;;;;;;;1+2. The van der Waals surface area contributed by atoms with Gasteiger partial charge < -0.3 is 56.4 Å². The number of piperidine rings is 3. The second-order valence-electron chi connectivity index (χ2n) is 22.4. The van der Waals surface area contributed by atoms with Crippen molar-refractivity contribution in [3.63, 3.8) is 0 Å². The van der Waals surface area contributed by atoms with Crippen LogP contribution >= 0.6 is 108 Å². The van der Waals surface area contributed by atoms with Crippen molar-refractivity contribution < 1.29 is 44.2 Å². The van der Waals surface area contributed by atoms with Gasteiger partial charge in [0.15, 0.2) is 0 Å². The van der Waals surface area contributed by atoms with Gasteiger partial charge in [-0.2, -0.15) is 4.90 Å². The zero-order valence-electron chi connectivity index (χ0n) is 48.8. The SMILES string of the molecule is Brc1cnc(Br)cn1.Cl.Cl.N[C@@H]1c2cccc(F)c2CC12CCN(c1cnc(Br)cn1)CC2.N[C@@H]1c2cccc(F)c2CC12CCNCC2.Nc1nccc(Sc2cnc(N3CCC4(CC3)Cc3c(F)cccc3[C@H]4N)cn2)c1Cl.Nc1nccc([S-])c1Cl.[3HH].[Na+]. The van der Waals surface area contributed by atoms with Crippen LogP contribution in [-0.4, -0.2) is 79.1 Å². The minimum atomic E-state index is -0.137. The average Bonchev–Trinajstić information content (AvgIpc) is 1.64. The first kappa shape index (κ1) is 73.6. The third kappa shape index (κ3) is 16.6. The Hall–Kier alpha value is -3.80. The van der Waals surface area contributed by atoms with E-state index in [0.717, 1.165) is 159 Å². The molecule has 16 nitrogen and oxygen atoms in total. The first-order valence-electron chi connectivity index (χ1n) is 28.2. The van der Waals surface area contributed by atoms with Gasteiger partial charge in [-0.1, -0.05) is 77.4 Å². The molecule has 3 aliphatic heterocycles. The number of nitrogens with zero attached hydrogens (tertiary/aromatic N) is 10. The molecule has 0 unspecified atom stereocenters. The fourth-order valence-corrected chi connectivity index (χ4v) is 14.5. The van der Waals surface area contributed by atoms with E-state index in [1.807, 2.05) is 18.2 Å². The average molecular weight is 1550 g/mol. The number of nitrogen functional groups attached to an aromatic ring is 2. The number of rotatable bonds is 4. The van der Waals surface area contributed by atoms with Crippen LogP contribution in [0.1, 0.15) is 91.5 Å². The Morgan fingerprint density at radius 1 is 0.522 bits per heavy atom. The molecule has 6 aliphatic rings. The van der Waals surface area contributed by atoms with E-state index in [1.54, 1.807) is 79.8 Å². The van der Waals surface area contributed by atoms with Crippen LogP contribution in [0, 0.1) is 33.7 Å². The van der Waals surface area contributed by atoms with Gasteiger partial charge in [-0.25, -0.2) is 53.0 Å². The summed E-state index contributed by atoms with van der Waals surface area (Å²) in [5, 5.41) is 4.87. The molecule has 90 heavy (non-hydrogen) atoms. The molecule has 11 N–H and O–H groups in total. The molecule has 0 bridgehead atoms. The van der Waals surface area contributed by atoms with Gasteiger partial charge in [0.1, 0.15) is 59.6 Å². The fourth-order valence-electron chi connectivity index (χ4n) is 12.7. The van der Waals surface area contributed by atoms with Crippen molar-refractivity contribution in [1.29, 1.82) is 0 Å². The molecule has 3 aliphatic carbocycles. The van der Waals surface area contributed by atoms with Crippen molar-refractivity contribution in [3.05, 3.63) is 191 Å². The molecule has 474 valence electrons. The Labute approximate surface area is 602 Å². The molecule has 5 aromatic heterocycles. The van der Waals surface area contributed by atoms with E-state index >= 15 is 0 Å². The maximum atomic E-state index is 14.3. The number of nitrogens with two attached hydrogens (primary N) is 5. The van der Waals surface area contributed by atoms with Gasteiger partial charge in [0, 0.05) is 63.0 Å². The predicted octanol–water partition coefficient (Wildman–Crippen LogP) is 10.5. The van der Waals surface area contributed by atoms with Crippen molar-refractivity contribution in [2.24, 2.45) is 33.4 Å². The molecule has 0 saturated carbocycles. The molecule has 3 aromatic carbocycles. The number of halogens is 10. The third-order valence-electron chi connectivity index (χ3n) is 17.6. The smallest absolute Gasteiger partial charge is 0.778 e. The number of anilines is 4. The largest absolute Gasteiger partial charge is 1.00 e. The zero-order valence-corrected chi connectivity index (χ0v) is 60.4. The topological polar surface area (TPSA) is 252 Å². The molecule has 3 fully saturated rings. The molecule has 0 amide bonds. The molecular weight excluding hydrogens is 1480 g/mol. The molecule has 8 aromatic rings. The molecule has 8 heterocycles. The van der Waals surface area contributed by atoms with Crippen LogP contribution in [0.25, 0.3) is 0 Å². The normalized spacial score (nSPS) is 19.0. The van der Waals surface area contributed by atoms with Crippen LogP contribution < -0.4 is 73.3 Å². The summed E-state index contributed by atoms with van der Waals surface area (Å²) in [5.41, 5.74) is 35.9. The van der Waals surface area contributed by atoms with Crippen molar-refractivity contribution >= 4 is 143 Å². The van der Waals surface area contributed by atoms with Gasteiger partial charge in [0.05, 0.1) is 47.2 Å². The molecule has 3 spiro atoms. The maximum Gasteiger partial charge on any atom is 1.00 e. The van der Waals surface area contributed by atoms with Gasteiger partial charge in [0.25, 0.3) is 0 Å². The van der Waals surface area contributed by atoms with Gasteiger partial charge in [0.2, 0.25) is 0 Å². The zero-order chi connectivity index (χ0) is 61.6. The Morgan fingerprint density at radius 3 is 1.27 bits per heavy atom. The molecule has 3 saturated heterocycles. The molecule has 14 rings (SSSR count). The molecule has 29 heteroatoms. The van der Waals surface area contributed by atoms with Crippen molar-refractivity contribution in [3.8, 4) is 0 Å². The summed E-state index contributed by atoms with van der Waals surface area (Å²) in [7, 11) is 0. The summed E-state index contributed by atoms with van der Waals surface area (Å²) < 4.78 is 44.3. The van der Waals surface area contributed by atoms with Gasteiger partial charge >= 0.3 is 29.6 Å². The van der Waals surface area contributed by atoms with Gasteiger partial charge in [-0.3, -0.25) is 0 Å². The summed E-state index contributed by atoms with van der Waals surface area (Å²) >= 11 is 27.6. The fraction of sp³-hybridized carbons (Fsp3) is 0.344. The van der Waals surface area contributed by atoms with Crippen LogP contribution in [0.2, 0.25) is 10.0 Å². The third-order valence-corrected chi connectivity index (χ3v) is 21.2. The summed E-state index contributed by atoms with van der Waals surface area (Å²) in [5.74, 6) is 1.98. The monoisotopic (exact) mass is 1550 g/mol. The van der Waals surface area contributed by atoms with Crippen LogP contribution in [-0.2, 0) is 31.9 Å². The number of fused-ring (bicyclic) bond motifs is 3. The van der Waals surface area contributed by atoms with Crippen molar-refractivity contribution in [2.45, 2.75) is 90.7 Å².